The van der Waals surface area contributed by atoms with E-state index < -0.39 is 19.5 Å². The Balaban J connectivity index is 3.33. The molecule has 0 fully saturated rings. The van der Waals surface area contributed by atoms with E-state index in [-0.39, 0.29) is 5.56 Å². The summed E-state index contributed by atoms with van der Waals surface area (Å²) in [5, 5.41) is -1.72. The number of hydrogen-bond donors (Lipinski definition) is 4. The Hall–Kier alpha value is 0.290. The fourth-order valence-corrected chi connectivity index (χ4v) is 5.99. The van der Waals surface area contributed by atoms with Gasteiger partial charge in [0, 0.05) is 4.90 Å². The van der Waals surface area contributed by atoms with Crippen LogP contribution in [0.1, 0.15) is 11.0 Å². The van der Waals surface area contributed by atoms with E-state index in [2.05, 4.69) is 11.8 Å². The molecule has 0 saturated heterocycles. The Kier molecular flexibility index (Phi) is 4.97. The van der Waals surface area contributed by atoms with Gasteiger partial charge in [-0.15, -0.1) is 11.8 Å². The molecule has 0 aliphatic carbocycles. The summed E-state index contributed by atoms with van der Waals surface area (Å²) in [6, 6.07) is 6.27. The van der Waals surface area contributed by atoms with Crippen LogP contribution in [0, 0.1) is 0 Å². The lowest BCUT2D eigenvalue weighted by Gasteiger charge is -2.23. The number of thioether (sulfide) groups is 1. The summed E-state index contributed by atoms with van der Waals surface area (Å²) in [5.41, 5.74) is 0.151. The Labute approximate surface area is 108 Å². The van der Waals surface area contributed by atoms with Gasteiger partial charge < -0.3 is 19.6 Å². The molecular formula is C8H12O5P2S2. The van der Waals surface area contributed by atoms with Gasteiger partial charge in [0.05, 0.1) is 0 Å². The fraction of sp³-hybridized carbons (Fsp3) is 0.250. The Morgan fingerprint density at radius 1 is 1.29 bits per heavy atom. The molecule has 4 N–H and O–H groups in total. The molecule has 1 atom stereocenters. The summed E-state index contributed by atoms with van der Waals surface area (Å²) in [7, 11) is -4.71. The van der Waals surface area contributed by atoms with Gasteiger partial charge in [-0.1, -0.05) is 12.1 Å². The minimum absolute atomic E-state index is 0.151. The summed E-state index contributed by atoms with van der Waals surface area (Å²) >= 11 is 5.82. The first-order valence-corrected chi connectivity index (χ1v) is 10.1. The molecule has 9 heteroatoms. The lowest BCUT2D eigenvalue weighted by molar-refractivity contribution is 0.363. The molecule has 0 aliphatic rings. The highest BCUT2D eigenvalue weighted by Crippen LogP contribution is 2.70. The maximum Gasteiger partial charge on any atom is 0.342 e. The van der Waals surface area contributed by atoms with Crippen LogP contribution in [0.5, 0.6) is 0 Å². The van der Waals surface area contributed by atoms with E-state index in [1.807, 2.05) is 0 Å². The second-order valence-electron chi connectivity index (χ2n) is 3.33. The lowest BCUT2D eigenvalue weighted by atomic mass is 10.2. The first-order valence-electron chi connectivity index (χ1n) is 4.40. The predicted octanol–water partition coefficient (Wildman–Crippen LogP) is 1.88. The van der Waals surface area contributed by atoms with Crippen LogP contribution in [-0.4, -0.2) is 25.8 Å². The molecular weight excluding hydrogens is 302 g/mol. The van der Waals surface area contributed by atoms with Crippen molar-refractivity contribution >= 4 is 37.7 Å². The third kappa shape index (κ3) is 4.16. The van der Waals surface area contributed by atoms with Gasteiger partial charge >= 0.3 is 7.60 Å². The Morgan fingerprint density at radius 3 is 2.29 bits per heavy atom. The lowest BCUT2D eigenvalue weighted by Crippen LogP contribution is -2.01. The predicted molar refractivity (Wildman–Crippen MR) is 71.7 cm³/mol. The zero-order valence-electron chi connectivity index (χ0n) is 8.79. The highest BCUT2D eigenvalue weighted by molar-refractivity contribution is 8.11. The van der Waals surface area contributed by atoms with Crippen molar-refractivity contribution < 1.29 is 24.1 Å². The van der Waals surface area contributed by atoms with Crippen molar-refractivity contribution in [2.24, 2.45) is 0 Å². The van der Waals surface area contributed by atoms with E-state index >= 15 is 0 Å². The van der Waals surface area contributed by atoms with Gasteiger partial charge in [0.1, 0.15) is 0 Å². The van der Waals surface area contributed by atoms with Crippen LogP contribution < -0.4 is 0 Å². The molecule has 0 aliphatic heterocycles. The van der Waals surface area contributed by atoms with Gasteiger partial charge in [-0.2, -0.15) is 0 Å². The van der Waals surface area contributed by atoms with E-state index in [9.17, 15) is 24.1 Å². The summed E-state index contributed by atoms with van der Waals surface area (Å²) in [6.45, 7) is -4.09. The monoisotopic (exact) mass is 314 g/mol. The van der Waals surface area contributed by atoms with Crippen LogP contribution in [0.2, 0.25) is 0 Å². The van der Waals surface area contributed by atoms with E-state index in [1.54, 1.807) is 18.4 Å². The molecule has 1 aromatic rings. The largest absolute Gasteiger partial charge is 0.344 e. The topological polar surface area (TPSA) is 98.0 Å². The van der Waals surface area contributed by atoms with Gasteiger partial charge in [-0.05, 0) is 35.8 Å². The van der Waals surface area contributed by atoms with Crippen molar-refractivity contribution in [2.75, 3.05) is 6.26 Å². The van der Waals surface area contributed by atoms with Crippen LogP contribution in [0.3, 0.4) is 0 Å². The molecule has 1 rings (SSSR count). The molecule has 0 bridgehead atoms. The smallest absolute Gasteiger partial charge is 0.342 e. The summed E-state index contributed by atoms with van der Waals surface area (Å²) in [6.07, 6.45) is 1.81. The average molecular weight is 314 g/mol. The quantitative estimate of drug-likeness (QED) is 0.497. The minimum atomic E-state index is -4.71. The van der Waals surface area contributed by atoms with E-state index in [0.29, 0.717) is 0 Å². The van der Waals surface area contributed by atoms with Crippen LogP contribution >= 0.6 is 25.8 Å². The third-order valence-electron chi connectivity index (χ3n) is 2.03. The van der Waals surface area contributed by atoms with E-state index in [4.69, 9.17) is 0 Å². The first kappa shape index (κ1) is 15.3. The molecule has 0 saturated carbocycles. The SMILES string of the molecule is CSc1cccc(C(P(=O)(O)O)P(O)(O)=S)c1. The number of benzene rings is 1. The number of hydrogen-bond acceptors (Lipinski definition) is 3. The van der Waals surface area contributed by atoms with Crippen molar-refractivity contribution in [1.82, 2.24) is 0 Å². The van der Waals surface area contributed by atoms with Gasteiger partial charge in [0.2, 0.25) is 6.49 Å². The van der Waals surface area contributed by atoms with Crippen molar-refractivity contribution in [3.05, 3.63) is 29.8 Å². The summed E-state index contributed by atoms with van der Waals surface area (Å²) < 4.78 is 11.3. The molecule has 0 spiro atoms. The van der Waals surface area contributed by atoms with Gasteiger partial charge in [0.15, 0.2) is 5.40 Å². The zero-order chi connectivity index (χ0) is 13.3. The molecule has 0 amide bonds. The molecule has 5 nitrogen and oxygen atoms in total. The van der Waals surface area contributed by atoms with Crippen LogP contribution in [0.4, 0.5) is 0 Å². The highest BCUT2D eigenvalue weighted by atomic mass is 32.5. The minimum Gasteiger partial charge on any atom is -0.344 e. The average Bonchev–Trinajstić information content (AvgIpc) is 2.13. The Morgan fingerprint density at radius 2 is 1.88 bits per heavy atom. The van der Waals surface area contributed by atoms with E-state index in [0.717, 1.165) is 4.90 Å². The maximum absolute atomic E-state index is 11.3. The van der Waals surface area contributed by atoms with Gasteiger partial charge in [0.25, 0.3) is 0 Å². The third-order valence-corrected chi connectivity index (χ3v) is 7.59. The van der Waals surface area contributed by atoms with Crippen LogP contribution in [0.15, 0.2) is 29.2 Å². The molecule has 96 valence electrons. The van der Waals surface area contributed by atoms with Gasteiger partial charge in [-0.25, -0.2) is 0 Å². The van der Waals surface area contributed by atoms with Crippen LogP contribution in [0.25, 0.3) is 0 Å². The highest BCUT2D eigenvalue weighted by Gasteiger charge is 2.41. The second kappa shape index (κ2) is 5.51. The van der Waals surface area contributed by atoms with Crippen molar-refractivity contribution in [3.63, 3.8) is 0 Å². The fourth-order valence-electron chi connectivity index (χ4n) is 1.39. The zero-order valence-corrected chi connectivity index (χ0v) is 12.2. The standard InChI is InChI=1S/C8H12O5P2S2/c1-17-7-4-2-3-6(5-7)8(14(9,10)11)15(12,13)16/h2-5,8H,1H3,(H2,9,10,11)(H2,12,13,16). The maximum atomic E-state index is 11.3. The Bertz CT molecular complexity index is 472. The van der Waals surface area contributed by atoms with Crippen LogP contribution in [-0.2, 0) is 16.4 Å². The molecule has 1 unspecified atom stereocenters. The van der Waals surface area contributed by atoms with Crippen molar-refractivity contribution in [3.8, 4) is 0 Å². The summed E-state index contributed by atoms with van der Waals surface area (Å²) in [4.78, 5) is 37.9. The normalized spacial score (nSPS) is 14.6. The van der Waals surface area contributed by atoms with Crippen molar-refractivity contribution in [1.29, 1.82) is 0 Å². The van der Waals surface area contributed by atoms with Crippen molar-refractivity contribution in [2.45, 2.75) is 10.3 Å². The van der Waals surface area contributed by atoms with E-state index in [1.165, 1.54) is 23.9 Å². The second-order valence-corrected chi connectivity index (χ2v) is 9.62. The number of rotatable bonds is 4. The first-order chi connectivity index (χ1) is 7.66. The summed E-state index contributed by atoms with van der Waals surface area (Å²) in [5.74, 6) is 0. The molecule has 0 aromatic heterocycles. The molecule has 17 heavy (non-hydrogen) atoms. The van der Waals surface area contributed by atoms with Gasteiger partial charge in [-0.3, -0.25) is 4.57 Å². The molecule has 0 radical (unpaired) electrons. The molecule has 1 aromatic carbocycles. The molecule has 0 heterocycles.